The second-order valence-electron chi connectivity index (χ2n) is 4.54. The van der Waals surface area contributed by atoms with Crippen molar-refractivity contribution in [3.05, 3.63) is 17.8 Å². The summed E-state index contributed by atoms with van der Waals surface area (Å²) < 4.78 is 0. The van der Waals surface area contributed by atoms with E-state index in [1.165, 1.54) is 0 Å². The van der Waals surface area contributed by atoms with Crippen molar-refractivity contribution in [2.75, 3.05) is 11.9 Å². The van der Waals surface area contributed by atoms with Crippen molar-refractivity contribution in [3.63, 3.8) is 0 Å². The molecule has 0 fully saturated rings. The van der Waals surface area contributed by atoms with E-state index in [2.05, 4.69) is 20.8 Å². The van der Waals surface area contributed by atoms with E-state index in [4.69, 9.17) is 0 Å². The zero-order chi connectivity index (χ0) is 12.2. The second-order valence-corrected chi connectivity index (χ2v) is 4.54. The molecule has 88 valence electrons. The summed E-state index contributed by atoms with van der Waals surface area (Å²) in [6.45, 7) is 8.52. The lowest BCUT2D eigenvalue weighted by Crippen LogP contribution is -2.41. The minimum atomic E-state index is -0.265. The SMILES string of the molecule is CCNc1ccc(C(=O)NC(C)(C)C)nn1. The van der Waals surface area contributed by atoms with E-state index in [-0.39, 0.29) is 11.4 Å². The molecule has 1 aromatic rings. The summed E-state index contributed by atoms with van der Waals surface area (Å²) in [7, 11) is 0. The topological polar surface area (TPSA) is 66.9 Å². The molecule has 0 bridgehead atoms. The number of carbonyl (C=O) groups excluding carboxylic acids is 1. The molecular weight excluding hydrogens is 204 g/mol. The zero-order valence-corrected chi connectivity index (χ0v) is 10.2. The number of hydrogen-bond acceptors (Lipinski definition) is 4. The van der Waals surface area contributed by atoms with Gasteiger partial charge in [-0.2, -0.15) is 0 Å². The van der Waals surface area contributed by atoms with Crippen LogP contribution in [0.1, 0.15) is 38.2 Å². The Balaban J connectivity index is 2.70. The first-order valence-electron chi connectivity index (χ1n) is 5.32. The van der Waals surface area contributed by atoms with Gasteiger partial charge < -0.3 is 10.6 Å². The molecule has 0 saturated heterocycles. The van der Waals surface area contributed by atoms with E-state index in [9.17, 15) is 4.79 Å². The van der Waals surface area contributed by atoms with Crippen LogP contribution >= 0.6 is 0 Å². The van der Waals surface area contributed by atoms with Gasteiger partial charge in [0.25, 0.3) is 5.91 Å². The van der Waals surface area contributed by atoms with E-state index in [1.54, 1.807) is 12.1 Å². The first-order chi connectivity index (χ1) is 7.42. The highest BCUT2D eigenvalue weighted by Crippen LogP contribution is 2.04. The average molecular weight is 222 g/mol. The monoisotopic (exact) mass is 222 g/mol. The Morgan fingerprint density at radius 3 is 2.44 bits per heavy atom. The van der Waals surface area contributed by atoms with Crippen molar-refractivity contribution in [2.45, 2.75) is 33.2 Å². The molecular formula is C11H18N4O. The molecule has 0 aliphatic rings. The van der Waals surface area contributed by atoms with Crippen LogP contribution in [0.3, 0.4) is 0 Å². The van der Waals surface area contributed by atoms with E-state index < -0.39 is 0 Å². The summed E-state index contributed by atoms with van der Waals surface area (Å²) in [5.41, 5.74) is 0.0654. The van der Waals surface area contributed by atoms with Crippen molar-refractivity contribution >= 4 is 11.7 Å². The molecule has 0 aliphatic heterocycles. The van der Waals surface area contributed by atoms with E-state index in [1.807, 2.05) is 27.7 Å². The summed E-state index contributed by atoms with van der Waals surface area (Å²) >= 11 is 0. The summed E-state index contributed by atoms with van der Waals surface area (Å²) in [6.07, 6.45) is 0. The fraction of sp³-hybridized carbons (Fsp3) is 0.545. The van der Waals surface area contributed by atoms with Crippen LogP contribution < -0.4 is 10.6 Å². The van der Waals surface area contributed by atoms with Gasteiger partial charge in [0.15, 0.2) is 5.69 Å². The molecule has 5 nitrogen and oxygen atoms in total. The van der Waals surface area contributed by atoms with Gasteiger partial charge >= 0.3 is 0 Å². The number of amides is 1. The predicted octanol–water partition coefficient (Wildman–Crippen LogP) is 1.44. The van der Waals surface area contributed by atoms with Crippen molar-refractivity contribution < 1.29 is 4.79 Å². The van der Waals surface area contributed by atoms with Crippen LogP contribution in [0, 0.1) is 0 Å². The summed E-state index contributed by atoms with van der Waals surface area (Å²) in [5.74, 6) is 0.470. The van der Waals surface area contributed by atoms with Crippen LogP contribution in [0.2, 0.25) is 0 Å². The maximum Gasteiger partial charge on any atom is 0.272 e. The van der Waals surface area contributed by atoms with Crippen LogP contribution in [0.15, 0.2) is 12.1 Å². The Morgan fingerprint density at radius 1 is 1.31 bits per heavy atom. The van der Waals surface area contributed by atoms with Crippen molar-refractivity contribution in [3.8, 4) is 0 Å². The second kappa shape index (κ2) is 4.92. The maximum atomic E-state index is 11.7. The Morgan fingerprint density at radius 2 is 2.00 bits per heavy atom. The standard InChI is InChI=1S/C11H18N4O/c1-5-12-9-7-6-8(14-15-9)10(16)13-11(2,3)4/h6-7H,5H2,1-4H3,(H,12,15)(H,13,16). The molecule has 16 heavy (non-hydrogen) atoms. The number of carbonyl (C=O) groups is 1. The summed E-state index contributed by atoms with van der Waals surface area (Å²) in [4.78, 5) is 11.7. The number of hydrogen-bond donors (Lipinski definition) is 2. The summed E-state index contributed by atoms with van der Waals surface area (Å²) in [5, 5.41) is 13.6. The molecule has 0 aliphatic carbocycles. The average Bonchev–Trinajstić information content (AvgIpc) is 2.16. The van der Waals surface area contributed by atoms with Gasteiger partial charge in [0.2, 0.25) is 0 Å². The van der Waals surface area contributed by atoms with E-state index in [0.717, 1.165) is 6.54 Å². The smallest absolute Gasteiger partial charge is 0.272 e. The molecule has 0 unspecified atom stereocenters. The lowest BCUT2D eigenvalue weighted by Gasteiger charge is -2.19. The molecule has 1 rings (SSSR count). The van der Waals surface area contributed by atoms with Crippen molar-refractivity contribution in [2.24, 2.45) is 0 Å². The maximum absolute atomic E-state index is 11.7. The lowest BCUT2D eigenvalue weighted by molar-refractivity contribution is 0.0913. The highest BCUT2D eigenvalue weighted by Gasteiger charge is 2.16. The molecule has 0 saturated carbocycles. The molecule has 0 radical (unpaired) electrons. The molecule has 1 aromatic heterocycles. The Labute approximate surface area is 95.7 Å². The molecule has 0 atom stereocenters. The van der Waals surface area contributed by atoms with Gasteiger partial charge in [-0.25, -0.2) is 0 Å². The van der Waals surface area contributed by atoms with Crippen LogP contribution in [0.4, 0.5) is 5.82 Å². The van der Waals surface area contributed by atoms with E-state index in [0.29, 0.717) is 11.5 Å². The fourth-order valence-corrected chi connectivity index (χ4v) is 1.13. The molecule has 0 spiro atoms. The van der Waals surface area contributed by atoms with Gasteiger partial charge in [0.1, 0.15) is 5.82 Å². The minimum absolute atomic E-state index is 0.206. The number of rotatable bonds is 3. The normalized spacial score (nSPS) is 11.0. The van der Waals surface area contributed by atoms with Gasteiger partial charge in [-0.3, -0.25) is 4.79 Å². The Hall–Kier alpha value is -1.65. The van der Waals surface area contributed by atoms with Gasteiger partial charge in [0.05, 0.1) is 0 Å². The first kappa shape index (κ1) is 12.4. The number of anilines is 1. The Bertz CT molecular complexity index is 353. The van der Waals surface area contributed by atoms with Crippen LogP contribution in [0.25, 0.3) is 0 Å². The molecule has 1 amide bonds. The van der Waals surface area contributed by atoms with Gasteiger partial charge in [-0.15, -0.1) is 10.2 Å². The minimum Gasteiger partial charge on any atom is -0.369 e. The Kier molecular flexibility index (Phi) is 3.82. The quantitative estimate of drug-likeness (QED) is 0.812. The predicted molar refractivity (Wildman–Crippen MR) is 63.4 cm³/mol. The lowest BCUT2D eigenvalue weighted by atomic mass is 10.1. The van der Waals surface area contributed by atoms with Crippen LogP contribution in [-0.2, 0) is 0 Å². The molecule has 5 heteroatoms. The van der Waals surface area contributed by atoms with Gasteiger partial charge in [-0.1, -0.05) is 0 Å². The molecule has 0 aromatic carbocycles. The van der Waals surface area contributed by atoms with Gasteiger partial charge in [0, 0.05) is 12.1 Å². The number of nitrogens with one attached hydrogen (secondary N) is 2. The molecule has 1 heterocycles. The van der Waals surface area contributed by atoms with Crippen LogP contribution in [-0.4, -0.2) is 28.2 Å². The summed E-state index contributed by atoms with van der Waals surface area (Å²) in [6, 6.07) is 3.40. The number of aromatic nitrogens is 2. The van der Waals surface area contributed by atoms with Crippen molar-refractivity contribution in [1.29, 1.82) is 0 Å². The van der Waals surface area contributed by atoms with Crippen molar-refractivity contribution in [1.82, 2.24) is 15.5 Å². The highest BCUT2D eigenvalue weighted by molar-refractivity contribution is 5.92. The van der Waals surface area contributed by atoms with Gasteiger partial charge in [-0.05, 0) is 39.8 Å². The third-order valence-electron chi connectivity index (χ3n) is 1.74. The fourth-order valence-electron chi connectivity index (χ4n) is 1.13. The first-order valence-corrected chi connectivity index (χ1v) is 5.32. The zero-order valence-electron chi connectivity index (χ0n) is 10.2. The largest absolute Gasteiger partial charge is 0.369 e. The van der Waals surface area contributed by atoms with Crippen LogP contribution in [0.5, 0.6) is 0 Å². The third-order valence-corrected chi connectivity index (χ3v) is 1.74. The van der Waals surface area contributed by atoms with E-state index >= 15 is 0 Å². The number of nitrogens with zero attached hydrogens (tertiary/aromatic N) is 2. The molecule has 2 N–H and O–H groups in total. The highest BCUT2D eigenvalue weighted by atomic mass is 16.2. The third kappa shape index (κ3) is 3.84.